The van der Waals surface area contributed by atoms with Crippen molar-refractivity contribution in [3.8, 4) is 23.3 Å². The smallest absolute Gasteiger partial charge is 0.200 e. The molecular weight excluding hydrogens is 354 g/mol. The first kappa shape index (κ1) is 17.5. The Morgan fingerprint density at radius 3 is 2.11 bits per heavy atom. The molecule has 0 amide bonds. The maximum Gasteiger partial charge on any atom is 0.200 e. The summed E-state index contributed by atoms with van der Waals surface area (Å²) in [7, 11) is 3.06. The number of fused-ring (bicyclic) bond motifs is 2. The van der Waals surface area contributed by atoms with E-state index in [0.29, 0.717) is 39.1 Å². The number of nitrogens with two attached hydrogens (primary N) is 1. The van der Waals surface area contributed by atoms with Crippen molar-refractivity contribution in [3.63, 3.8) is 0 Å². The molecule has 0 spiro atoms. The van der Waals surface area contributed by atoms with E-state index in [2.05, 4.69) is 11.8 Å². The third-order valence-electron chi connectivity index (χ3n) is 4.44. The van der Waals surface area contributed by atoms with Crippen LogP contribution in [0.2, 0.25) is 0 Å². The van der Waals surface area contributed by atoms with Crippen LogP contribution < -0.4 is 20.6 Å². The van der Waals surface area contributed by atoms with E-state index in [4.69, 9.17) is 19.6 Å². The molecule has 4 aromatic rings. The Labute approximate surface area is 161 Å². The van der Waals surface area contributed by atoms with Gasteiger partial charge in [-0.05, 0) is 48.5 Å². The maximum absolute atomic E-state index is 13.0. The second kappa shape index (κ2) is 7.01. The number of nitrogen functional groups attached to an aromatic ring is 1. The average molecular weight is 371 g/mol. The molecule has 28 heavy (non-hydrogen) atoms. The van der Waals surface area contributed by atoms with Gasteiger partial charge in [-0.2, -0.15) is 0 Å². The van der Waals surface area contributed by atoms with Crippen molar-refractivity contribution >= 4 is 27.6 Å². The van der Waals surface area contributed by atoms with Gasteiger partial charge in [0.1, 0.15) is 11.2 Å². The molecule has 0 bridgehead atoms. The van der Waals surface area contributed by atoms with Crippen LogP contribution in [-0.4, -0.2) is 14.2 Å². The highest BCUT2D eigenvalue weighted by atomic mass is 16.5. The number of ether oxygens (including phenoxy) is 2. The summed E-state index contributed by atoms with van der Waals surface area (Å²) in [6.45, 7) is 0. The van der Waals surface area contributed by atoms with Gasteiger partial charge in [-0.3, -0.25) is 4.79 Å². The Morgan fingerprint density at radius 2 is 1.39 bits per heavy atom. The van der Waals surface area contributed by atoms with Gasteiger partial charge in [-0.25, -0.2) is 0 Å². The van der Waals surface area contributed by atoms with Crippen molar-refractivity contribution in [2.45, 2.75) is 0 Å². The van der Waals surface area contributed by atoms with E-state index in [1.54, 1.807) is 36.4 Å². The fourth-order valence-electron chi connectivity index (χ4n) is 2.97. The second-order valence-electron chi connectivity index (χ2n) is 6.22. The van der Waals surface area contributed by atoms with Crippen LogP contribution in [0.3, 0.4) is 0 Å². The first-order valence-electron chi connectivity index (χ1n) is 8.59. The standard InChI is InChI=1S/C23H17NO4/c1-26-21-12-18-20(13-22(21)27-2)28-19-10-7-15(11-17(19)23(18)25)4-3-14-5-8-16(24)9-6-14/h5-13H,24H2,1-2H3. The normalized spacial score (nSPS) is 10.5. The van der Waals surface area contributed by atoms with Gasteiger partial charge in [0.25, 0.3) is 0 Å². The SMILES string of the molecule is COc1cc2oc3ccc(C#Cc4ccc(N)cc4)cc3c(=O)c2cc1OC. The predicted octanol–water partition coefficient (Wildman–Crippen LogP) is 3.95. The molecule has 0 unspecified atom stereocenters. The molecule has 0 radical (unpaired) electrons. The minimum absolute atomic E-state index is 0.145. The van der Waals surface area contributed by atoms with Crippen molar-refractivity contribution < 1.29 is 13.9 Å². The summed E-state index contributed by atoms with van der Waals surface area (Å²) in [5.41, 5.74) is 8.72. The summed E-state index contributed by atoms with van der Waals surface area (Å²) in [6.07, 6.45) is 0. The van der Waals surface area contributed by atoms with Gasteiger partial charge in [0, 0.05) is 22.9 Å². The topological polar surface area (TPSA) is 74.7 Å². The van der Waals surface area contributed by atoms with Crippen molar-refractivity contribution in [1.82, 2.24) is 0 Å². The van der Waals surface area contributed by atoms with Crippen LogP contribution >= 0.6 is 0 Å². The van der Waals surface area contributed by atoms with Gasteiger partial charge in [0.05, 0.1) is 25.0 Å². The molecule has 4 rings (SSSR count). The van der Waals surface area contributed by atoms with Gasteiger partial charge in [0.2, 0.25) is 5.43 Å². The van der Waals surface area contributed by atoms with E-state index in [0.717, 1.165) is 11.1 Å². The van der Waals surface area contributed by atoms with E-state index in [9.17, 15) is 4.79 Å². The lowest BCUT2D eigenvalue weighted by Crippen LogP contribution is -2.03. The molecular formula is C23H17NO4. The number of methoxy groups -OCH3 is 2. The van der Waals surface area contributed by atoms with Crippen LogP contribution in [0, 0.1) is 11.8 Å². The number of benzene rings is 3. The highest BCUT2D eigenvalue weighted by Crippen LogP contribution is 2.32. The van der Waals surface area contributed by atoms with Crippen LogP contribution in [0.25, 0.3) is 21.9 Å². The van der Waals surface area contributed by atoms with Crippen LogP contribution in [0.15, 0.2) is 63.8 Å². The minimum Gasteiger partial charge on any atom is -0.493 e. The molecule has 0 fully saturated rings. The number of anilines is 1. The lowest BCUT2D eigenvalue weighted by Gasteiger charge is -2.09. The molecule has 5 heteroatoms. The quantitative estimate of drug-likeness (QED) is 0.328. The third-order valence-corrected chi connectivity index (χ3v) is 4.44. The van der Waals surface area contributed by atoms with E-state index in [1.807, 2.05) is 18.2 Å². The summed E-state index contributed by atoms with van der Waals surface area (Å²) in [4.78, 5) is 13.0. The monoisotopic (exact) mass is 371 g/mol. The van der Waals surface area contributed by atoms with Gasteiger partial charge in [0.15, 0.2) is 11.5 Å². The van der Waals surface area contributed by atoms with Gasteiger partial charge < -0.3 is 19.6 Å². The fraction of sp³-hybridized carbons (Fsp3) is 0.0870. The zero-order valence-electron chi connectivity index (χ0n) is 15.4. The van der Waals surface area contributed by atoms with Crippen LogP contribution in [-0.2, 0) is 0 Å². The summed E-state index contributed by atoms with van der Waals surface area (Å²) < 4.78 is 16.5. The molecule has 0 saturated heterocycles. The molecule has 1 aromatic heterocycles. The lowest BCUT2D eigenvalue weighted by atomic mass is 10.1. The van der Waals surface area contributed by atoms with Gasteiger partial charge in [-0.1, -0.05) is 11.8 Å². The summed E-state index contributed by atoms with van der Waals surface area (Å²) in [6, 6.07) is 15.9. The Hall–Kier alpha value is -3.91. The predicted molar refractivity (Wildman–Crippen MR) is 110 cm³/mol. The van der Waals surface area contributed by atoms with Crippen molar-refractivity contribution in [1.29, 1.82) is 0 Å². The molecule has 0 aliphatic heterocycles. The van der Waals surface area contributed by atoms with Crippen LogP contribution in [0.5, 0.6) is 11.5 Å². The lowest BCUT2D eigenvalue weighted by molar-refractivity contribution is 0.355. The van der Waals surface area contributed by atoms with Gasteiger partial charge in [-0.15, -0.1) is 0 Å². The van der Waals surface area contributed by atoms with Crippen LogP contribution in [0.4, 0.5) is 5.69 Å². The van der Waals surface area contributed by atoms with E-state index < -0.39 is 0 Å². The molecule has 0 atom stereocenters. The molecule has 0 aliphatic rings. The zero-order valence-corrected chi connectivity index (χ0v) is 15.4. The molecule has 0 aliphatic carbocycles. The van der Waals surface area contributed by atoms with E-state index in [1.165, 1.54) is 14.2 Å². The van der Waals surface area contributed by atoms with Crippen molar-refractivity contribution in [3.05, 3.63) is 75.9 Å². The van der Waals surface area contributed by atoms with Crippen LogP contribution in [0.1, 0.15) is 11.1 Å². The molecule has 5 nitrogen and oxygen atoms in total. The highest BCUT2D eigenvalue weighted by molar-refractivity contribution is 5.92. The minimum atomic E-state index is -0.145. The Morgan fingerprint density at radius 1 is 0.786 bits per heavy atom. The first-order valence-corrected chi connectivity index (χ1v) is 8.59. The van der Waals surface area contributed by atoms with Gasteiger partial charge >= 0.3 is 0 Å². The summed E-state index contributed by atoms with van der Waals surface area (Å²) in [5.74, 6) is 7.12. The summed E-state index contributed by atoms with van der Waals surface area (Å²) >= 11 is 0. The summed E-state index contributed by atoms with van der Waals surface area (Å²) in [5, 5.41) is 0.887. The maximum atomic E-state index is 13.0. The molecule has 3 aromatic carbocycles. The zero-order chi connectivity index (χ0) is 19.7. The molecule has 0 saturated carbocycles. The Kier molecular flexibility index (Phi) is 4.38. The van der Waals surface area contributed by atoms with Crippen molar-refractivity contribution in [2.75, 3.05) is 20.0 Å². The molecule has 2 N–H and O–H groups in total. The number of hydrogen-bond acceptors (Lipinski definition) is 5. The average Bonchev–Trinajstić information content (AvgIpc) is 2.73. The molecule has 1 heterocycles. The highest BCUT2D eigenvalue weighted by Gasteiger charge is 2.13. The number of rotatable bonds is 2. The largest absolute Gasteiger partial charge is 0.493 e. The Bertz CT molecular complexity index is 1310. The van der Waals surface area contributed by atoms with E-state index in [-0.39, 0.29) is 5.43 Å². The third kappa shape index (κ3) is 3.12. The fourth-order valence-corrected chi connectivity index (χ4v) is 2.97. The molecule has 138 valence electrons. The Balaban J connectivity index is 1.85. The van der Waals surface area contributed by atoms with Crippen molar-refractivity contribution in [2.24, 2.45) is 0 Å². The van der Waals surface area contributed by atoms with E-state index >= 15 is 0 Å². The second-order valence-corrected chi connectivity index (χ2v) is 6.22. The number of hydrogen-bond donors (Lipinski definition) is 1. The first-order chi connectivity index (χ1) is 13.6.